The van der Waals surface area contributed by atoms with Crippen LogP contribution in [0.1, 0.15) is 19.3 Å². The summed E-state index contributed by atoms with van der Waals surface area (Å²) < 4.78 is 0. The van der Waals surface area contributed by atoms with Gasteiger partial charge in [-0.05, 0) is 12.8 Å². The predicted octanol–water partition coefficient (Wildman–Crippen LogP) is -0.901. The fourth-order valence-electron chi connectivity index (χ4n) is 3.13. The molecule has 0 aliphatic carbocycles. The van der Waals surface area contributed by atoms with Crippen LogP contribution in [0.4, 0.5) is 0 Å². The fourth-order valence-corrected chi connectivity index (χ4v) is 3.13. The van der Waals surface area contributed by atoms with E-state index in [1.165, 1.54) is 0 Å². The summed E-state index contributed by atoms with van der Waals surface area (Å²) in [6.07, 6.45) is 3.91. The van der Waals surface area contributed by atoms with Crippen molar-refractivity contribution in [1.82, 2.24) is 20.0 Å². The summed E-state index contributed by atoms with van der Waals surface area (Å²) >= 11 is 0. The summed E-state index contributed by atoms with van der Waals surface area (Å²) in [5, 5.41) is 12.0. The van der Waals surface area contributed by atoms with E-state index >= 15 is 0 Å². The monoisotopic (exact) mass is 348 g/mol. The highest BCUT2D eigenvalue weighted by molar-refractivity contribution is 5.97. The molecule has 8 heteroatoms. The zero-order chi connectivity index (χ0) is 18.1. The number of nitrogens with two attached hydrogens (primary N) is 1. The number of hydrogen-bond acceptors (Lipinski definition) is 6. The first-order valence-corrected chi connectivity index (χ1v) is 8.98. The van der Waals surface area contributed by atoms with Crippen molar-refractivity contribution in [2.24, 2.45) is 5.73 Å². The molecule has 0 radical (unpaired) electrons. The van der Waals surface area contributed by atoms with E-state index in [4.69, 9.17) is 5.73 Å². The van der Waals surface area contributed by atoms with Crippen molar-refractivity contribution in [3.8, 4) is 6.07 Å². The number of rotatable bonds is 8. The number of nitrogens with zero attached hydrogens (tertiary/aromatic N) is 4. The van der Waals surface area contributed by atoms with Gasteiger partial charge in [0, 0.05) is 71.5 Å². The molecular weight excluding hydrogens is 320 g/mol. The minimum absolute atomic E-state index is 0.129. The zero-order valence-electron chi connectivity index (χ0n) is 14.7. The minimum atomic E-state index is -0.348. The van der Waals surface area contributed by atoms with Crippen molar-refractivity contribution in [3.05, 3.63) is 11.8 Å². The van der Waals surface area contributed by atoms with Gasteiger partial charge in [0.15, 0.2) is 0 Å². The Morgan fingerprint density at radius 1 is 1.24 bits per heavy atom. The van der Waals surface area contributed by atoms with Gasteiger partial charge in [0.25, 0.3) is 5.91 Å². The molecule has 2 aliphatic heterocycles. The van der Waals surface area contributed by atoms with Crippen LogP contribution in [0.25, 0.3) is 0 Å². The normalized spacial score (nSPS) is 19.2. The van der Waals surface area contributed by atoms with Gasteiger partial charge in [0.2, 0.25) is 5.91 Å². The third kappa shape index (κ3) is 6.03. The van der Waals surface area contributed by atoms with Crippen LogP contribution < -0.4 is 11.1 Å². The Morgan fingerprint density at radius 2 is 2.00 bits per heavy atom. The number of hydrogen-bond donors (Lipinski definition) is 2. The Morgan fingerprint density at radius 3 is 2.60 bits per heavy atom. The summed E-state index contributed by atoms with van der Waals surface area (Å²) in [5.74, 6) is -0.155. The number of amides is 2. The molecule has 2 fully saturated rings. The number of piperazine rings is 1. The number of nitrogens with one attached hydrogen (secondary N) is 1. The average molecular weight is 348 g/mol. The first kappa shape index (κ1) is 19.2. The van der Waals surface area contributed by atoms with Crippen molar-refractivity contribution >= 4 is 11.8 Å². The van der Waals surface area contributed by atoms with Gasteiger partial charge >= 0.3 is 0 Å². The molecule has 8 nitrogen and oxygen atoms in total. The van der Waals surface area contributed by atoms with Crippen molar-refractivity contribution in [2.75, 3.05) is 58.9 Å². The van der Waals surface area contributed by atoms with Gasteiger partial charge in [-0.25, -0.2) is 0 Å². The zero-order valence-corrected chi connectivity index (χ0v) is 14.7. The Labute approximate surface area is 149 Å². The average Bonchev–Trinajstić information content (AvgIpc) is 3.03. The number of nitriles is 1. The molecule has 2 saturated heterocycles. The summed E-state index contributed by atoms with van der Waals surface area (Å²) in [6.45, 7) is 6.81. The SMILES string of the molecule is N#C/C(=C/N1CCN(CCN)CC1)C(=O)NCCCN1CCCC1=O. The minimum Gasteiger partial charge on any atom is -0.374 e. The maximum atomic E-state index is 12.1. The maximum absolute atomic E-state index is 12.1. The molecule has 0 unspecified atom stereocenters. The van der Waals surface area contributed by atoms with E-state index in [2.05, 4.69) is 10.2 Å². The lowest BCUT2D eigenvalue weighted by atomic mass is 10.2. The van der Waals surface area contributed by atoms with Crippen molar-refractivity contribution < 1.29 is 9.59 Å². The molecule has 0 saturated carbocycles. The second-order valence-electron chi connectivity index (χ2n) is 6.41. The van der Waals surface area contributed by atoms with E-state index in [0.717, 1.165) is 45.7 Å². The third-order valence-electron chi connectivity index (χ3n) is 4.59. The lowest BCUT2D eigenvalue weighted by Gasteiger charge is -2.33. The van der Waals surface area contributed by atoms with Crippen LogP contribution in [-0.4, -0.2) is 85.4 Å². The second-order valence-corrected chi connectivity index (χ2v) is 6.41. The van der Waals surface area contributed by atoms with Gasteiger partial charge in [-0.15, -0.1) is 0 Å². The molecule has 25 heavy (non-hydrogen) atoms. The van der Waals surface area contributed by atoms with Crippen LogP contribution in [0, 0.1) is 11.3 Å². The second kappa shape index (κ2) is 10.0. The van der Waals surface area contributed by atoms with Crippen molar-refractivity contribution in [1.29, 1.82) is 5.26 Å². The van der Waals surface area contributed by atoms with Crippen molar-refractivity contribution in [3.63, 3.8) is 0 Å². The number of likely N-dealkylation sites (tertiary alicyclic amines) is 1. The van der Waals surface area contributed by atoms with Crippen LogP contribution in [0.2, 0.25) is 0 Å². The van der Waals surface area contributed by atoms with Gasteiger partial charge in [-0.2, -0.15) is 5.26 Å². The number of carbonyl (C=O) groups is 2. The van der Waals surface area contributed by atoms with Crippen LogP contribution in [0.3, 0.4) is 0 Å². The molecule has 0 aromatic rings. The highest BCUT2D eigenvalue weighted by atomic mass is 16.2. The molecule has 2 aliphatic rings. The molecule has 0 atom stereocenters. The molecular formula is C17H28N6O2. The van der Waals surface area contributed by atoms with Gasteiger partial charge in [0.05, 0.1) is 0 Å². The first-order valence-electron chi connectivity index (χ1n) is 8.98. The lowest BCUT2D eigenvalue weighted by molar-refractivity contribution is -0.127. The molecule has 2 amide bonds. The van der Waals surface area contributed by atoms with E-state index in [1.807, 2.05) is 15.9 Å². The van der Waals surface area contributed by atoms with E-state index in [9.17, 15) is 14.9 Å². The van der Waals surface area contributed by atoms with E-state index in [0.29, 0.717) is 32.5 Å². The topological polar surface area (TPSA) is 106 Å². The van der Waals surface area contributed by atoms with Crippen LogP contribution in [0.15, 0.2) is 11.8 Å². The summed E-state index contributed by atoms with van der Waals surface area (Å²) in [4.78, 5) is 29.8. The summed E-state index contributed by atoms with van der Waals surface area (Å²) in [5.41, 5.74) is 5.69. The maximum Gasteiger partial charge on any atom is 0.263 e. The van der Waals surface area contributed by atoms with Crippen LogP contribution in [-0.2, 0) is 9.59 Å². The van der Waals surface area contributed by atoms with E-state index in [1.54, 1.807) is 6.20 Å². The predicted molar refractivity (Wildman–Crippen MR) is 94.2 cm³/mol. The molecule has 0 spiro atoms. The molecule has 0 bridgehead atoms. The molecule has 2 rings (SSSR count). The highest BCUT2D eigenvalue weighted by Gasteiger charge is 2.19. The fraction of sp³-hybridized carbons (Fsp3) is 0.706. The van der Waals surface area contributed by atoms with E-state index < -0.39 is 0 Å². The molecule has 2 heterocycles. The lowest BCUT2D eigenvalue weighted by Crippen LogP contribution is -2.46. The smallest absolute Gasteiger partial charge is 0.263 e. The molecule has 0 aromatic carbocycles. The van der Waals surface area contributed by atoms with E-state index in [-0.39, 0.29) is 17.4 Å². The Hall–Kier alpha value is -2.11. The largest absolute Gasteiger partial charge is 0.374 e. The van der Waals surface area contributed by atoms with Crippen LogP contribution in [0.5, 0.6) is 0 Å². The third-order valence-corrected chi connectivity index (χ3v) is 4.59. The van der Waals surface area contributed by atoms with Gasteiger partial charge < -0.3 is 20.9 Å². The van der Waals surface area contributed by atoms with Gasteiger partial charge in [0.1, 0.15) is 11.6 Å². The quantitative estimate of drug-likeness (QED) is 0.334. The molecule has 3 N–H and O–H groups in total. The summed E-state index contributed by atoms with van der Waals surface area (Å²) in [6, 6.07) is 1.98. The first-order chi connectivity index (χ1) is 12.1. The molecule has 138 valence electrons. The number of carbonyl (C=O) groups excluding carboxylic acids is 2. The van der Waals surface area contributed by atoms with Crippen molar-refractivity contribution in [2.45, 2.75) is 19.3 Å². The Kier molecular flexibility index (Phi) is 7.70. The highest BCUT2D eigenvalue weighted by Crippen LogP contribution is 2.09. The standard InChI is InChI=1S/C17H28N6O2/c18-4-8-21-9-11-22(12-10-21)14-15(13-19)17(25)20-5-2-7-23-6-1-3-16(23)24/h14H,1-12,18H2,(H,20,25)/b15-14-. The Bertz CT molecular complexity index is 534. The van der Waals surface area contributed by atoms with Gasteiger partial charge in [-0.1, -0.05) is 0 Å². The van der Waals surface area contributed by atoms with Gasteiger partial charge in [-0.3, -0.25) is 14.5 Å². The Balaban J connectivity index is 1.71. The van der Waals surface area contributed by atoms with Crippen LogP contribution >= 0.6 is 0 Å². The molecule has 0 aromatic heterocycles. The summed E-state index contributed by atoms with van der Waals surface area (Å²) in [7, 11) is 0.